The normalized spacial score (nSPS) is 12.7. The highest BCUT2D eigenvalue weighted by molar-refractivity contribution is 5.74. The van der Waals surface area contributed by atoms with Crippen LogP contribution in [0.15, 0.2) is 24.9 Å². The van der Waals surface area contributed by atoms with Crippen LogP contribution in [-0.4, -0.2) is 30.5 Å². The zero-order valence-electron chi connectivity index (χ0n) is 8.53. The maximum absolute atomic E-state index is 11.0. The Morgan fingerprint density at radius 2 is 2.33 bits per heavy atom. The summed E-state index contributed by atoms with van der Waals surface area (Å²) in [7, 11) is 0. The molecule has 0 N–H and O–H groups in total. The predicted octanol–water partition coefficient (Wildman–Crippen LogP) is 0.744. The summed E-state index contributed by atoms with van der Waals surface area (Å²) >= 11 is 0. The van der Waals surface area contributed by atoms with E-state index in [1.54, 1.807) is 23.3 Å². The first-order chi connectivity index (χ1) is 7.18. The van der Waals surface area contributed by atoms with E-state index in [1.807, 2.05) is 6.92 Å². The smallest absolute Gasteiger partial charge is 0.243 e. The topological polar surface area (TPSA) is 65.6 Å². The standard InChI is InChI=1S/C9H11N5O/c1-7(14-6-10-5-11-14)9-3-4-13(12-9)8(2)15/h3-7H,1-2H3/t7-/m0/s1. The number of nitrogens with zero attached hydrogens (tertiary/aromatic N) is 5. The Kier molecular flexibility index (Phi) is 2.32. The molecule has 2 aromatic heterocycles. The fourth-order valence-electron chi connectivity index (χ4n) is 1.29. The molecule has 1 atom stereocenters. The fraction of sp³-hybridized carbons (Fsp3) is 0.333. The van der Waals surface area contributed by atoms with Gasteiger partial charge in [0, 0.05) is 13.1 Å². The lowest BCUT2D eigenvalue weighted by Crippen LogP contribution is -2.11. The van der Waals surface area contributed by atoms with Crippen molar-refractivity contribution in [2.75, 3.05) is 0 Å². The highest BCUT2D eigenvalue weighted by atomic mass is 16.2. The van der Waals surface area contributed by atoms with E-state index in [2.05, 4.69) is 15.2 Å². The number of hydrogen-bond acceptors (Lipinski definition) is 4. The van der Waals surface area contributed by atoms with Crippen LogP contribution in [0.2, 0.25) is 0 Å². The first-order valence-corrected chi connectivity index (χ1v) is 4.59. The van der Waals surface area contributed by atoms with E-state index < -0.39 is 0 Å². The fourth-order valence-corrected chi connectivity index (χ4v) is 1.29. The van der Waals surface area contributed by atoms with Gasteiger partial charge in [-0.1, -0.05) is 0 Å². The lowest BCUT2D eigenvalue weighted by atomic mass is 10.2. The lowest BCUT2D eigenvalue weighted by Gasteiger charge is -2.07. The molecule has 0 bridgehead atoms. The van der Waals surface area contributed by atoms with E-state index >= 15 is 0 Å². The first kappa shape index (κ1) is 9.57. The maximum atomic E-state index is 11.0. The zero-order chi connectivity index (χ0) is 10.8. The predicted molar refractivity (Wildman–Crippen MR) is 52.4 cm³/mol. The van der Waals surface area contributed by atoms with Gasteiger partial charge in [0.1, 0.15) is 12.7 Å². The van der Waals surface area contributed by atoms with Crippen LogP contribution in [0.3, 0.4) is 0 Å². The second-order valence-corrected chi connectivity index (χ2v) is 3.26. The summed E-state index contributed by atoms with van der Waals surface area (Å²) in [5, 5.41) is 8.16. The Bertz CT molecular complexity index is 459. The monoisotopic (exact) mass is 205 g/mol. The number of rotatable bonds is 2. The Balaban J connectivity index is 2.26. The van der Waals surface area contributed by atoms with Crippen molar-refractivity contribution in [1.29, 1.82) is 0 Å². The number of carbonyl (C=O) groups excluding carboxylic acids is 1. The van der Waals surface area contributed by atoms with Crippen LogP contribution < -0.4 is 0 Å². The molecule has 0 aliphatic carbocycles. The van der Waals surface area contributed by atoms with Crippen LogP contribution in [-0.2, 0) is 0 Å². The van der Waals surface area contributed by atoms with E-state index in [0.717, 1.165) is 5.69 Å². The van der Waals surface area contributed by atoms with Crippen molar-refractivity contribution in [3.63, 3.8) is 0 Å². The van der Waals surface area contributed by atoms with Crippen molar-refractivity contribution in [2.45, 2.75) is 19.9 Å². The molecule has 0 saturated heterocycles. The highest BCUT2D eigenvalue weighted by Crippen LogP contribution is 2.13. The lowest BCUT2D eigenvalue weighted by molar-refractivity contribution is 0.0920. The molecule has 0 radical (unpaired) electrons. The third-order valence-corrected chi connectivity index (χ3v) is 2.19. The Morgan fingerprint density at radius 3 is 2.87 bits per heavy atom. The van der Waals surface area contributed by atoms with Crippen molar-refractivity contribution in [3.8, 4) is 0 Å². The molecule has 2 heterocycles. The minimum atomic E-state index is -0.105. The van der Waals surface area contributed by atoms with Gasteiger partial charge in [-0.25, -0.2) is 14.3 Å². The number of carbonyl (C=O) groups is 1. The van der Waals surface area contributed by atoms with Crippen LogP contribution in [0, 0.1) is 0 Å². The molecule has 0 amide bonds. The van der Waals surface area contributed by atoms with Gasteiger partial charge in [0.2, 0.25) is 5.91 Å². The Morgan fingerprint density at radius 1 is 1.53 bits per heavy atom. The summed E-state index contributed by atoms with van der Waals surface area (Å²) in [6.45, 7) is 3.42. The minimum absolute atomic E-state index is 0.0203. The van der Waals surface area contributed by atoms with E-state index in [-0.39, 0.29) is 11.9 Å². The van der Waals surface area contributed by atoms with Gasteiger partial charge in [0.25, 0.3) is 0 Å². The van der Waals surface area contributed by atoms with Crippen LogP contribution >= 0.6 is 0 Å². The third-order valence-electron chi connectivity index (χ3n) is 2.19. The molecule has 0 aromatic carbocycles. The van der Waals surface area contributed by atoms with Gasteiger partial charge in [-0.2, -0.15) is 10.2 Å². The highest BCUT2D eigenvalue weighted by Gasteiger charge is 2.12. The number of aromatic nitrogens is 5. The molecule has 15 heavy (non-hydrogen) atoms. The van der Waals surface area contributed by atoms with Crippen molar-refractivity contribution >= 4 is 5.91 Å². The summed E-state index contributed by atoms with van der Waals surface area (Å²) < 4.78 is 3.00. The van der Waals surface area contributed by atoms with Crippen molar-refractivity contribution in [1.82, 2.24) is 24.5 Å². The van der Waals surface area contributed by atoms with E-state index in [1.165, 1.54) is 17.9 Å². The third kappa shape index (κ3) is 1.78. The van der Waals surface area contributed by atoms with Crippen molar-refractivity contribution < 1.29 is 4.79 Å². The average molecular weight is 205 g/mol. The Labute approximate surface area is 86.5 Å². The van der Waals surface area contributed by atoms with E-state index in [0.29, 0.717) is 0 Å². The molecule has 2 aromatic rings. The van der Waals surface area contributed by atoms with E-state index in [4.69, 9.17) is 0 Å². The van der Waals surface area contributed by atoms with Crippen LogP contribution in [0.25, 0.3) is 0 Å². The average Bonchev–Trinajstić information content (AvgIpc) is 2.88. The van der Waals surface area contributed by atoms with E-state index in [9.17, 15) is 4.79 Å². The molecule has 6 heteroatoms. The molecule has 0 unspecified atom stereocenters. The Hall–Kier alpha value is -1.98. The largest absolute Gasteiger partial charge is 0.273 e. The molecule has 78 valence electrons. The molecule has 6 nitrogen and oxygen atoms in total. The summed E-state index contributed by atoms with van der Waals surface area (Å²) in [4.78, 5) is 14.9. The van der Waals surface area contributed by atoms with Crippen molar-refractivity contribution in [3.05, 3.63) is 30.6 Å². The molecule has 0 aliphatic rings. The molecule has 0 aliphatic heterocycles. The second kappa shape index (κ2) is 3.64. The van der Waals surface area contributed by atoms with Gasteiger partial charge in [-0.15, -0.1) is 0 Å². The quantitative estimate of drug-likeness (QED) is 0.725. The maximum Gasteiger partial charge on any atom is 0.243 e. The molecule has 0 fully saturated rings. The van der Waals surface area contributed by atoms with Crippen LogP contribution in [0.1, 0.15) is 30.4 Å². The second-order valence-electron chi connectivity index (χ2n) is 3.26. The van der Waals surface area contributed by atoms with Crippen LogP contribution in [0.5, 0.6) is 0 Å². The molecule has 0 saturated carbocycles. The van der Waals surface area contributed by atoms with Crippen molar-refractivity contribution in [2.24, 2.45) is 0 Å². The molecular formula is C9H11N5O. The number of hydrogen-bond donors (Lipinski definition) is 0. The molecule has 0 spiro atoms. The van der Waals surface area contributed by atoms with Gasteiger partial charge in [0.05, 0.1) is 11.7 Å². The van der Waals surface area contributed by atoms with Gasteiger partial charge in [0.15, 0.2) is 0 Å². The van der Waals surface area contributed by atoms with Crippen LogP contribution in [0.4, 0.5) is 0 Å². The first-order valence-electron chi connectivity index (χ1n) is 4.59. The molecule has 2 rings (SSSR count). The SMILES string of the molecule is CC(=O)n1ccc([C@H](C)n2cncn2)n1. The molecular weight excluding hydrogens is 194 g/mol. The summed E-state index contributed by atoms with van der Waals surface area (Å²) in [5.74, 6) is -0.105. The van der Waals surface area contributed by atoms with Gasteiger partial charge in [-0.3, -0.25) is 4.79 Å². The summed E-state index contributed by atoms with van der Waals surface area (Å²) in [5.41, 5.74) is 0.788. The minimum Gasteiger partial charge on any atom is -0.273 e. The summed E-state index contributed by atoms with van der Waals surface area (Å²) in [6, 6.07) is 1.78. The summed E-state index contributed by atoms with van der Waals surface area (Å²) in [6.07, 6.45) is 4.74. The van der Waals surface area contributed by atoms with Gasteiger partial charge < -0.3 is 0 Å². The van der Waals surface area contributed by atoms with Gasteiger partial charge in [-0.05, 0) is 13.0 Å². The van der Waals surface area contributed by atoms with Gasteiger partial charge >= 0.3 is 0 Å². The zero-order valence-corrected chi connectivity index (χ0v) is 8.53.